The van der Waals surface area contributed by atoms with Crippen molar-refractivity contribution in [3.05, 3.63) is 69.8 Å². The molecule has 2 N–H and O–H groups in total. The van der Waals surface area contributed by atoms with Gasteiger partial charge in [0.1, 0.15) is 0 Å². The number of unbranched alkanes of at least 4 members (excludes halogenated alkanes) is 1. The van der Waals surface area contributed by atoms with Crippen LogP contribution in [0.25, 0.3) is 0 Å². The zero-order chi connectivity index (χ0) is 19.6. The summed E-state index contributed by atoms with van der Waals surface area (Å²) in [7, 11) is 0. The van der Waals surface area contributed by atoms with Crippen molar-refractivity contribution in [1.29, 1.82) is 0 Å². The van der Waals surface area contributed by atoms with E-state index in [0.29, 0.717) is 23.2 Å². The molecule has 0 atom stereocenters. The molecule has 0 aromatic heterocycles. The highest BCUT2D eigenvalue weighted by atomic mass is 16.6. The number of carbonyl (C=O) groups excluding carboxylic acids is 2. The van der Waals surface area contributed by atoms with Crippen LogP contribution >= 0.6 is 0 Å². The van der Waals surface area contributed by atoms with Crippen molar-refractivity contribution in [3.63, 3.8) is 0 Å². The summed E-state index contributed by atoms with van der Waals surface area (Å²) >= 11 is 0. The van der Waals surface area contributed by atoms with Gasteiger partial charge in [0.05, 0.1) is 11.1 Å². The minimum absolute atomic E-state index is 0.0538. The Labute approximate surface area is 156 Å². The average molecular weight is 368 g/mol. The molecule has 0 heterocycles. The molecule has 0 saturated heterocycles. The molecule has 140 valence electrons. The number of amides is 2. The summed E-state index contributed by atoms with van der Waals surface area (Å²) in [5.74, 6) is -0.490. The second kappa shape index (κ2) is 9.81. The van der Waals surface area contributed by atoms with E-state index in [4.69, 9.17) is 0 Å². The summed E-state index contributed by atoms with van der Waals surface area (Å²) in [6.07, 6.45) is 3.57. The lowest BCUT2D eigenvalue weighted by Crippen LogP contribution is -2.17. The average Bonchev–Trinajstić information content (AvgIpc) is 2.67. The Morgan fingerprint density at radius 2 is 1.93 bits per heavy atom. The van der Waals surface area contributed by atoms with E-state index in [1.807, 2.05) is 6.92 Å². The van der Waals surface area contributed by atoms with Crippen molar-refractivity contribution in [1.82, 2.24) is 5.43 Å². The van der Waals surface area contributed by atoms with Crippen molar-refractivity contribution >= 4 is 29.4 Å². The Morgan fingerprint density at radius 3 is 2.59 bits per heavy atom. The van der Waals surface area contributed by atoms with Crippen LogP contribution in [-0.4, -0.2) is 23.0 Å². The van der Waals surface area contributed by atoms with Crippen LogP contribution < -0.4 is 10.7 Å². The van der Waals surface area contributed by atoms with E-state index >= 15 is 0 Å². The third-order valence-electron chi connectivity index (χ3n) is 3.65. The van der Waals surface area contributed by atoms with E-state index in [9.17, 15) is 19.7 Å². The topological polar surface area (TPSA) is 114 Å². The first-order chi connectivity index (χ1) is 13.0. The van der Waals surface area contributed by atoms with Gasteiger partial charge in [0.15, 0.2) is 0 Å². The number of nitro groups is 1. The Hall–Kier alpha value is -3.55. The minimum Gasteiger partial charge on any atom is -0.326 e. The van der Waals surface area contributed by atoms with Gasteiger partial charge in [-0.1, -0.05) is 25.5 Å². The van der Waals surface area contributed by atoms with Crippen LogP contribution in [0, 0.1) is 10.1 Å². The van der Waals surface area contributed by atoms with Gasteiger partial charge in [-0.15, -0.1) is 0 Å². The van der Waals surface area contributed by atoms with Crippen molar-refractivity contribution in [3.8, 4) is 0 Å². The normalized spacial score (nSPS) is 10.6. The minimum atomic E-state index is -0.501. The van der Waals surface area contributed by atoms with Crippen LogP contribution in [0.5, 0.6) is 0 Å². The van der Waals surface area contributed by atoms with Crippen LogP contribution in [0.1, 0.15) is 42.1 Å². The fourth-order valence-electron chi connectivity index (χ4n) is 2.21. The van der Waals surface area contributed by atoms with Crippen molar-refractivity contribution in [2.24, 2.45) is 5.10 Å². The predicted molar refractivity (Wildman–Crippen MR) is 103 cm³/mol. The van der Waals surface area contributed by atoms with Crippen LogP contribution in [0.3, 0.4) is 0 Å². The van der Waals surface area contributed by atoms with Gasteiger partial charge in [-0.05, 0) is 30.7 Å². The number of anilines is 1. The Balaban J connectivity index is 1.91. The highest BCUT2D eigenvalue weighted by molar-refractivity contribution is 5.96. The molecule has 2 rings (SSSR count). The van der Waals surface area contributed by atoms with Crippen LogP contribution in [0.15, 0.2) is 53.6 Å². The molecule has 0 aliphatic rings. The molecule has 0 spiro atoms. The maximum Gasteiger partial charge on any atom is 0.271 e. The zero-order valence-corrected chi connectivity index (χ0v) is 14.8. The van der Waals surface area contributed by atoms with Gasteiger partial charge in [0.25, 0.3) is 11.6 Å². The monoisotopic (exact) mass is 368 g/mol. The number of nitro benzene ring substituents is 1. The molecule has 2 aromatic carbocycles. The van der Waals surface area contributed by atoms with Crippen molar-refractivity contribution in [2.45, 2.75) is 26.2 Å². The molecule has 27 heavy (non-hydrogen) atoms. The van der Waals surface area contributed by atoms with E-state index in [1.54, 1.807) is 30.3 Å². The van der Waals surface area contributed by atoms with Gasteiger partial charge >= 0.3 is 0 Å². The second-order valence-electron chi connectivity index (χ2n) is 5.78. The molecule has 0 aliphatic heterocycles. The predicted octanol–water partition coefficient (Wildman–Crippen LogP) is 3.49. The number of hydrogen-bond acceptors (Lipinski definition) is 5. The molecular formula is C19H20N4O4. The summed E-state index contributed by atoms with van der Waals surface area (Å²) in [5, 5.41) is 17.3. The molecule has 0 unspecified atom stereocenters. The molecule has 8 heteroatoms. The molecule has 0 saturated carbocycles. The van der Waals surface area contributed by atoms with Gasteiger partial charge in [-0.2, -0.15) is 5.10 Å². The maximum atomic E-state index is 12.1. The van der Waals surface area contributed by atoms with E-state index in [2.05, 4.69) is 15.8 Å². The van der Waals surface area contributed by atoms with Crippen LogP contribution in [0.4, 0.5) is 11.4 Å². The Bertz CT molecular complexity index is 847. The van der Waals surface area contributed by atoms with Crippen LogP contribution in [0.2, 0.25) is 0 Å². The van der Waals surface area contributed by atoms with Gasteiger partial charge in [0, 0.05) is 35.4 Å². The van der Waals surface area contributed by atoms with E-state index in [0.717, 1.165) is 12.8 Å². The molecule has 0 aliphatic carbocycles. The summed E-state index contributed by atoms with van der Waals surface area (Å²) < 4.78 is 0. The summed E-state index contributed by atoms with van der Waals surface area (Å²) in [4.78, 5) is 34.0. The highest BCUT2D eigenvalue weighted by Crippen LogP contribution is 2.12. The van der Waals surface area contributed by atoms with Gasteiger partial charge < -0.3 is 5.32 Å². The van der Waals surface area contributed by atoms with E-state index in [1.165, 1.54) is 24.4 Å². The highest BCUT2D eigenvalue weighted by Gasteiger charge is 2.07. The number of hydrazone groups is 1. The van der Waals surface area contributed by atoms with Gasteiger partial charge in [-0.25, -0.2) is 5.43 Å². The summed E-state index contributed by atoms with van der Waals surface area (Å²) in [5.41, 5.74) is 3.79. The number of nitrogens with zero attached hydrogens (tertiary/aromatic N) is 2. The lowest BCUT2D eigenvalue weighted by molar-refractivity contribution is -0.384. The van der Waals surface area contributed by atoms with Crippen molar-refractivity contribution in [2.75, 3.05) is 5.32 Å². The lowest BCUT2D eigenvalue weighted by atomic mass is 10.2. The third kappa shape index (κ3) is 6.35. The first kappa shape index (κ1) is 19.8. The number of carbonyl (C=O) groups is 2. The molecule has 2 amide bonds. The Morgan fingerprint density at radius 1 is 1.19 bits per heavy atom. The molecule has 0 bridgehead atoms. The molecule has 8 nitrogen and oxygen atoms in total. The second-order valence-corrected chi connectivity index (χ2v) is 5.78. The Kier molecular flexibility index (Phi) is 7.18. The summed E-state index contributed by atoms with van der Waals surface area (Å²) in [6.45, 7) is 2.02. The quantitative estimate of drug-likeness (QED) is 0.422. The molecule has 0 fully saturated rings. The molecule has 2 aromatic rings. The third-order valence-corrected chi connectivity index (χ3v) is 3.65. The summed E-state index contributed by atoms with van der Waals surface area (Å²) in [6, 6.07) is 12.3. The number of non-ortho nitro benzene ring substituents is 1. The fraction of sp³-hybridized carbons (Fsp3) is 0.211. The van der Waals surface area contributed by atoms with Gasteiger partial charge in [-0.3, -0.25) is 19.7 Å². The number of rotatable bonds is 8. The van der Waals surface area contributed by atoms with Gasteiger partial charge in [0.2, 0.25) is 5.91 Å². The first-order valence-electron chi connectivity index (χ1n) is 8.47. The maximum absolute atomic E-state index is 12.1. The number of nitrogens with one attached hydrogen (secondary N) is 2. The van der Waals surface area contributed by atoms with E-state index in [-0.39, 0.29) is 11.6 Å². The smallest absolute Gasteiger partial charge is 0.271 e. The zero-order valence-electron chi connectivity index (χ0n) is 14.8. The standard InChI is InChI=1S/C19H20N4O4/c1-2-3-7-18(24)21-16-10-8-15(9-11-16)19(25)22-20-13-14-5-4-6-17(12-14)23(26)27/h4-6,8-13H,2-3,7H2,1H3,(H,21,24)(H,22,25)/b20-13+. The molecule has 0 radical (unpaired) electrons. The SMILES string of the molecule is CCCCC(=O)Nc1ccc(C(=O)N/N=C/c2cccc([N+](=O)[O-])c2)cc1. The number of benzene rings is 2. The first-order valence-corrected chi connectivity index (χ1v) is 8.47. The van der Waals surface area contributed by atoms with E-state index < -0.39 is 10.8 Å². The fourth-order valence-corrected chi connectivity index (χ4v) is 2.21. The number of hydrogen-bond donors (Lipinski definition) is 2. The molecular weight excluding hydrogens is 348 g/mol. The van der Waals surface area contributed by atoms with Crippen molar-refractivity contribution < 1.29 is 14.5 Å². The van der Waals surface area contributed by atoms with Crippen LogP contribution in [-0.2, 0) is 4.79 Å². The lowest BCUT2D eigenvalue weighted by Gasteiger charge is -2.05. The largest absolute Gasteiger partial charge is 0.326 e.